The van der Waals surface area contributed by atoms with Crippen LogP contribution >= 0.6 is 0 Å². The summed E-state index contributed by atoms with van der Waals surface area (Å²) < 4.78 is 21.1. The van der Waals surface area contributed by atoms with E-state index in [0.717, 1.165) is 29.0 Å². The lowest BCUT2D eigenvalue weighted by molar-refractivity contribution is -0.141. The molecular weight excluding hydrogens is 374 g/mol. The summed E-state index contributed by atoms with van der Waals surface area (Å²) in [6, 6.07) is 4.00. The van der Waals surface area contributed by atoms with Crippen LogP contribution in [-0.4, -0.2) is 51.6 Å². The topological polar surface area (TPSA) is 83.4 Å². The lowest BCUT2D eigenvalue weighted by Crippen LogP contribution is -2.24. The molecule has 0 fully saturated rings. The molecule has 2 rings (SSSR count). The van der Waals surface area contributed by atoms with Crippen LogP contribution in [0.15, 0.2) is 17.1 Å². The van der Waals surface area contributed by atoms with Crippen LogP contribution in [0.1, 0.15) is 50.7 Å². The SMILES string of the molecule is CCOc1cc2c(cc1OCC)C(C(CCC(=O)OC)CCC(=O)OC)=NCC2. The molecule has 1 aliphatic heterocycles. The molecule has 0 amide bonds. The molecule has 1 aromatic carbocycles. The van der Waals surface area contributed by atoms with E-state index in [9.17, 15) is 9.59 Å². The number of fused-ring (bicyclic) bond motifs is 1. The Bertz CT molecular complexity index is 723. The van der Waals surface area contributed by atoms with E-state index < -0.39 is 0 Å². The smallest absolute Gasteiger partial charge is 0.305 e. The Labute approximate surface area is 172 Å². The first-order valence-corrected chi connectivity index (χ1v) is 10.1. The van der Waals surface area contributed by atoms with Crippen LogP contribution in [0.2, 0.25) is 0 Å². The lowest BCUT2D eigenvalue weighted by atomic mass is 9.84. The van der Waals surface area contributed by atoms with E-state index >= 15 is 0 Å². The average molecular weight is 405 g/mol. The van der Waals surface area contributed by atoms with Gasteiger partial charge in [0.2, 0.25) is 0 Å². The summed E-state index contributed by atoms with van der Waals surface area (Å²) in [4.78, 5) is 28.2. The summed E-state index contributed by atoms with van der Waals surface area (Å²) in [5.41, 5.74) is 3.05. The zero-order chi connectivity index (χ0) is 21.2. The Morgan fingerprint density at radius 3 is 2.03 bits per heavy atom. The number of rotatable bonds is 11. The van der Waals surface area contributed by atoms with Crippen molar-refractivity contribution in [2.45, 2.75) is 46.0 Å². The van der Waals surface area contributed by atoms with E-state index in [1.807, 2.05) is 26.0 Å². The quantitative estimate of drug-likeness (QED) is 0.525. The number of hydrogen-bond donors (Lipinski definition) is 0. The molecule has 0 radical (unpaired) electrons. The van der Waals surface area contributed by atoms with Gasteiger partial charge >= 0.3 is 11.9 Å². The third-order valence-electron chi connectivity index (χ3n) is 4.94. The van der Waals surface area contributed by atoms with Gasteiger partial charge in [0.15, 0.2) is 11.5 Å². The number of nitrogens with zero attached hydrogens (tertiary/aromatic N) is 1. The largest absolute Gasteiger partial charge is 0.490 e. The molecule has 7 heteroatoms. The second kappa shape index (κ2) is 11.4. The third-order valence-corrected chi connectivity index (χ3v) is 4.94. The molecule has 1 aliphatic rings. The Balaban J connectivity index is 2.35. The molecule has 0 aliphatic carbocycles. The molecule has 0 saturated heterocycles. The molecule has 0 aromatic heterocycles. The highest BCUT2D eigenvalue weighted by Crippen LogP contribution is 2.35. The molecule has 0 atom stereocenters. The minimum Gasteiger partial charge on any atom is -0.490 e. The fourth-order valence-electron chi connectivity index (χ4n) is 3.52. The van der Waals surface area contributed by atoms with Crippen LogP contribution in [0.5, 0.6) is 11.5 Å². The van der Waals surface area contributed by atoms with Gasteiger partial charge < -0.3 is 18.9 Å². The zero-order valence-corrected chi connectivity index (χ0v) is 17.8. The predicted octanol–water partition coefficient (Wildman–Crippen LogP) is 3.35. The summed E-state index contributed by atoms with van der Waals surface area (Å²) in [7, 11) is 2.76. The van der Waals surface area contributed by atoms with Gasteiger partial charge in [-0.15, -0.1) is 0 Å². The summed E-state index contributed by atoms with van der Waals surface area (Å²) in [5, 5.41) is 0. The maximum absolute atomic E-state index is 11.7. The number of aliphatic imine (C=N–C) groups is 1. The average Bonchev–Trinajstić information content (AvgIpc) is 2.73. The molecule has 0 saturated carbocycles. The van der Waals surface area contributed by atoms with Crippen LogP contribution < -0.4 is 9.47 Å². The van der Waals surface area contributed by atoms with Crippen LogP contribution in [0.3, 0.4) is 0 Å². The van der Waals surface area contributed by atoms with Crippen molar-refractivity contribution in [3.8, 4) is 11.5 Å². The van der Waals surface area contributed by atoms with Crippen LogP contribution in [0.4, 0.5) is 0 Å². The van der Waals surface area contributed by atoms with Gasteiger partial charge in [-0.25, -0.2) is 0 Å². The van der Waals surface area contributed by atoms with Crippen molar-refractivity contribution in [1.82, 2.24) is 0 Å². The van der Waals surface area contributed by atoms with Crippen molar-refractivity contribution < 1.29 is 28.5 Å². The van der Waals surface area contributed by atoms with Gasteiger partial charge in [0.05, 0.1) is 27.4 Å². The predicted molar refractivity (Wildman–Crippen MR) is 110 cm³/mol. The molecule has 0 unspecified atom stereocenters. The number of esters is 2. The number of carbonyl (C=O) groups is 2. The molecule has 7 nitrogen and oxygen atoms in total. The molecule has 1 heterocycles. The van der Waals surface area contributed by atoms with Gasteiger partial charge in [-0.05, 0) is 50.8 Å². The van der Waals surface area contributed by atoms with E-state index in [-0.39, 0.29) is 30.7 Å². The van der Waals surface area contributed by atoms with Crippen molar-refractivity contribution in [2.24, 2.45) is 10.9 Å². The molecule has 0 N–H and O–H groups in total. The number of methoxy groups -OCH3 is 2. The molecule has 0 spiro atoms. The Hall–Kier alpha value is -2.57. The monoisotopic (exact) mass is 405 g/mol. The summed E-state index contributed by atoms with van der Waals surface area (Å²) in [6.45, 7) is 5.62. The van der Waals surface area contributed by atoms with Crippen LogP contribution in [0.25, 0.3) is 0 Å². The van der Waals surface area contributed by atoms with Gasteiger partial charge in [0.25, 0.3) is 0 Å². The van der Waals surface area contributed by atoms with Crippen molar-refractivity contribution in [1.29, 1.82) is 0 Å². The van der Waals surface area contributed by atoms with Gasteiger partial charge in [-0.3, -0.25) is 14.6 Å². The Morgan fingerprint density at radius 1 is 0.966 bits per heavy atom. The highest BCUT2D eigenvalue weighted by Gasteiger charge is 2.26. The van der Waals surface area contributed by atoms with Crippen molar-refractivity contribution in [3.63, 3.8) is 0 Å². The number of benzene rings is 1. The number of ether oxygens (including phenoxy) is 4. The fourth-order valence-corrected chi connectivity index (χ4v) is 3.52. The van der Waals surface area contributed by atoms with Gasteiger partial charge in [-0.1, -0.05) is 0 Å². The number of carbonyl (C=O) groups excluding carboxylic acids is 2. The zero-order valence-electron chi connectivity index (χ0n) is 17.8. The Morgan fingerprint density at radius 2 is 1.52 bits per heavy atom. The first-order chi connectivity index (χ1) is 14.0. The normalized spacial score (nSPS) is 12.8. The van der Waals surface area contributed by atoms with Crippen LogP contribution in [-0.2, 0) is 25.5 Å². The minimum absolute atomic E-state index is 0.0559. The maximum atomic E-state index is 11.7. The van der Waals surface area contributed by atoms with E-state index in [0.29, 0.717) is 38.3 Å². The maximum Gasteiger partial charge on any atom is 0.305 e. The second-order valence-electron chi connectivity index (χ2n) is 6.77. The first-order valence-electron chi connectivity index (χ1n) is 10.1. The van der Waals surface area contributed by atoms with Gasteiger partial charge in [0.1, 0.15) is 0 Å². The molecule has 29 heavy (non-hydrogen) atoms. The highest BCUT2D eigenvalue weighted by atomic mass is 16.5. The van der Waals surface area contributed by atoms with Crippen molar-refractivity contribution in [3.05, 3.63) is 23.3 Å². The van der Waals surface area contributed by atoms with E-state index in [2.05, 4.69) is 0 Å². The number of hydrogen-bond acceptors (Lipinski definition) is 7. The molecule has 1 aromatic rings. The van der Waals surface area contributed by atoms with E-state index in [4.69, 9.17) is 23.9 Å². The standard InChI is InChI=1S/C22H31NO6/c1-5-28-18-13-16-11-12-23-22(17(16)14-19(18)29-6-2)15(7-9-20(24)26-3)8-10-21(25)27-4/h13-15H,5-12H2,1-4H3. The van der Waals surface area contributed by atoms with Crippen LogP contribution in [0, 0.1) is 5.92 Å². The van der Waals surface area contributed by atoms with E-state index in [1.165, 1.54) is 14.2 Å². The second-order valence-corrected chi connectivity index (χ2v) is 6.77. The molecule has 160 valence electrons. The fraction of sp³-hybridized carbons (Fsp3) is 0.591. The summed E-state index contributed by atoms with van der Waals surface area (Å²) >= 11 is 0. The Kier molecular flexibility index (Phi) is 8.96. The van der Waals surface area contributed by atoms with Gasteiger partial charge in [0, 0.05) is 36.6 Å². The van der Waals surface area contributed by atoms with E-state index in [1.54, 1.807) is 0 Å². The lowest BCUT2D eigenvalue weighted by Gasteiger charge is -2.26. The summed E-state index contributed by atoms with van der Waals surface area (Å²) in [6.07, 6.45) is 2.46. The van der Waals surface area contributed by atoms with Gasteiger partial charge in [-0.2, -0.15) is 0 Å². The van der Waals surface area contributed by atoms with Crippen molar-refractivity contribution >= 4 is 17.7 Å². The molecule has 0 bridgehead atoms. The molecular formula is C22H31NO6. The summed E-state index contributed by atoms with van der Waals surface area (Å²) in [5.74, 6) is 0.815. The highest BCUT2D eigenvalue weighted by molar-refractivity contribution is 6.05. The minimum atomic E-state index is -0.272. The third kappa shape index (κ3) is 6.21. The van der Waals surface area contributed by atoms with Crippen molar-refractivity contribution in [2.75, 3.05) is 34.0 Å². The first kappa shape index (κ1) is 22.7.